The number of fused-ring (bicyclic) bond motifs is 3. The summed E-state index contributed by atoms with van der Waals surface area (Å²) in [6.45, 7) is 0. The zero-order valence-electron chi connectivity index (χ0n) is 7.59. The van der Waals surface area contributed by atoms with Gasteiger partial charge in [0.05, 0.1) is 0 Å². The van der Waals surface area contributed by atoms with Crippen LogP contribution in [-0.2, 0) is 0 Å². The molecule has 1 heterocycles. The number of benzene rings is 1. The molecule has 3 rings (SSSR count). The lowest BCUT2D eigenvalue weighted by Crippen LogP contribution is -2.49. The van der Waals surface area contributed by atoms with Gasteiger partial charge in [0, 0.05) is 22.0 Å². The van der Waals surface area contributed by atoms with Gasteiger partial charge in [-0.2, -0.15) is 0 Å². The highest BCUT2D eigenvalue weighted by atomic mass is 79.9. The second kappa shape index (κ2) is 2.83. The van der Waals surface area contributed by atoms with Crippen molar-refractivity contribution in [2.24, 2.45) is 0 Å². The van der Waals surface area contributed by atoms with Crippen molar-refractivity contribution in [2.75, 3.05) is 0 Å². The van der Waals surface area contributed by atoms with Crippen LogP contribution in [0.15, 0.2) is 22.7 Å². The van der Waals surface area contributed by atoms with Crippen LogP contribution in [0.3, 0.4) is 0 Å². The summed E-state index contributed by atoms with van der Waals surface area (Å²) in [7, 11) is 0. The van der Waals surface area contributed by atoms with E-state index >= 15 is 0 Å². The first-order valence-electron chi connectivity index (χ1n) is 4.86. The second-order valence-corrected chi connectivity index (χ2v) is 4.91. The van der Waals surface area contributed by atoms with Crippen LogP contribution in [0.5, 0.6) is 0 Å². The summed E-state index contributed by atoms with van der Waals surface area (Å²) in [6, 6.07) is 6.32. The predicted octanol–water partition coefficient (Wildman–Crippen LogP) is 2.44. The molecule has 1 aromatic carbocycles. The SMILES string of the molecule is O=C1N[C@@H]2CC[C@@H]2c2cc(Br)ccc21. The second-order valence-electron chi connectivity index (χ2n) is 4.00. The Morgan fingerprint density at radius 2 is 2.21 bits per heavy atom. The maximum absolute atomic E-state index is 11.7. The zero-order valence-corrected chi connectivity index (χ0v) is 9.17. The number of nitrogens with one attached hydrogen (secondary N) is 1. The monoisotopic (exact) mass is 251 g/mol. The van der Waals surface area contributed by atoms with Crippen LogP contribution >= 0.6 is 15.9 Å². The van der Waals surface area contributed by atoms with Gasteiger partial charge in [-0.1, -0.05) is 15.9 Å². The molecule has 2 aliphatic rings. The Hall–Kier alpha value is -0.830. The van der Waals surface area contributed by atoms with Crippen LogP contribution in [0.1, 0.15) is 34.7 Å². The van der Waals surface area contributed by atoms with Crippen molar-refractivity contribution in [1.82, 2.24) is 5.32 Å². The average Bonchev–Trinajstić information content (AvgIpc) is 2.11. The van der Waals surface area contributed by atoms with Crippen molar-refractivity contribution >= 4 is 21.8 Å². The van der Waals surface area contributed by atoms with Crippen molar-refractivity contribution in [1.29, 1.82) is 0 Å². The number of hydrogen-bond donors (Lipinski definition) is 1. The van der Waals surface area contributed by atoms with E-state index in [-0.39, 0.29) is 5.91 Å². The van der Waals surface area contributed by atoms with Crippen LogP contribution in [0.25, 0.3) is 0 Å². The van der Waals surface area contributed by atoms with Gasteiger partial charge < -0.3 is 5.32 Å². The molecule has 0 saturated heterocycles. The molecule has 1 fully saturated rings. The van der Waals surface area contributed by atoms with E-state index in [1.54, 1.807) is 0 Å². The number of carbonyl (C=O) groups excluding carboxylic acids is 1. The van der Waals surface area contributed by atoms with Gasteiger partial charge >= 0.3 is 0 Å². The first kappa shape index (κ1) is 8.48. The molecule has 1 aromatic rings. The fraction of sp³-hybridized carbons (Fsp3) is 0.364. The number of carbonyl (C=O) groups is 1. The van der Waals surface area contributed by atoms with E-state index < -0.39 is 0 Å². The van der Waals surface area contributed by atoms with E-state index in [9.17, 15) is 4.79 Å². The summed E-state index contributed by atoms with van der Waals surface area (Å²) in [4.78, 5) is 11.7. The fourth-order valence-electron chi connectivity index (χ4n) is 2.34. The average molecular weight is 252 g/mol. The smallest absolute Gasteiger partial charge is 0.251 e. The number of rotatable bonds is 0. The van der Waals surface area contributed by atoms with E-state index in [2.05, 4.69) is 27.3 Å². The Morgan fingerprint density at radius 1 is 1.36 bits per heavy atom. The molecule has 72 valence electrons. The molecule has 0 unspecified atom stereocenters. The van der Waals surface area contributed by atoms with E-state index in [1.807, 2.05) is 12.1 Å². The molecule has 0 aromatic heterocycles. The van der Waals surface area contributed by atoms with E-state index in [4.69, 9.17) is 0 Å². The Morgan fingerprint density at radius 3 is 2.93 bits per heavy atom. The molecule has 14 heavy (non-hydrogen) atoms. The Bertz CT molecular complexity index is 416. The van der Waals surface area contributed by atoms with Crippen molar-refractivity contribution in [2.45, 2.75) is 24.8 Å². The molecule has 1 N–H and O–H groups in total. The first-order chi connectivity index (χ1) is 6.75. The van der Waals surface area contributed by atoms with Crippen molar-refractivity contribution in [3.05, 3.63) is 33.8 Å². The van der Waals surface area contributed by atoms with Gasteiger partial charge in [-0.05, 0) is 36.6 Å². The molecule has 1 aliphatic carbocycles. The summed E-state index contributed by atoms with van der Waals surface area (Å²) in [6.07, 6.45) is 2.33. The van der Waals surface area contributed by atoms with E-state index in [0.29, 0.717) is 12.0 Å². The normalized spacial score (nSPS) is 28.5. The molecule has 2 atom stereocenters. The van der Waals surface area contributed by atoms with Crippen molar-refractivity contribution in [3.8, 4) is 0 Å². The quantitative estimate of drug-likeness (QED) is 0.754. The summed E-state index contributed by atoms with van der Waals surface area (Å²) in [5, 5.41) is 3.04. The Labute approximate surface area is 90.8 Å². The third-order valence-electron chi connectivity index (χ3n) is 3.25. The lowest BCUT2D eigenvalue weighted by atomic mass is 9.71. The van der Waals surface area contributed by atoms with Gasteiger partial charge in [-0.15, -0.1) is 0 Å². The lowest BCUT2D eigenvalue weighted by Gasteiger charge is -2.42. The molecule has 1 amide bonds. The van der Waals surface area contributed by atoms with Gasteiger partial charge in [0.25, 0.3) is 5.91 Å². The minimum atomic E-state index is 0.0912. The first-order valence-corrected chi connectivity index (χ1v) is 5.65. The highest BCUT2D eigenvalue weighted by molar-refractivity contribution is 9.10. The van der Waals surface area contributed by atoms with E-state index in [1.165, 1.54) is 12.0 Å². The summed E-state index contributed by atoms with van der Waals surface area (Å²) < 4.78 is 1.07. The maximum Gasteiger partial charge on any atom is 0.251 e. The molecular weight excluding hydrogens is 242 g/mol. The highest BCUT2D eigenvalue weighted by Crippen LogP contribution is 2.42. The molecular formula is C11H10BrNO. The molecule has 1 aliphatic heterocycles. The number of amides is 1. The third-order valence-corrected chi connectivity index (χ3v) is 3.74. The topological polar surface area (TPSA) is 29.1 Å². The van der Waals surface area contributed by atoms with Crippen LogP contribution in [0.2, 0.25) is 0 Å². The number of halogens is 1. The molecule has 0 radical (unpaired) electrons. The maximum atomic E-state index is 11.7. The summed E-state index contributed by atoms with van der Waals surface area (Å²) in [5.41, 5.74) is 2.08. The van der Waals surface area contributed by atoms with E-state index in [0.717, 1.165) is 16.5 Å². The van der Waals surface area contributed by atoms with Gasteiger partial charge in [0.15, 0.2) is 0 Å². The molecule has 0 bridgehead atoms. The molecule has 2 nitrogen and oxygen atoms in total. The molecule has 0 spiro atoms. The third kappa shape index (κ3) is 1.05. The van der Waals surface area contributed by atoms with Crippen LogP contribution in [0, 0.1) is 0 Å². The molecule has 3 heteroatoms. The van der Waals surface area contributed by atoms with Crippen molar-refractivity contribution in [3.63, 3.8) is 0 Å². The van der Waals surface area contributed by atoms with Gasteiger partial charge in [0.1, 0.15) is 0 Å². The van der Waals surface area contributed by atoms with Gasteiger partial charge in [-0.3, -0.25) is 4.79 Å². The van der Waals surface area contributed by atoms with Gasteiger partial charge in [0.2, 0.25) is 0 Å². The summed E-state index contributed by atoms with van der Waals surface area (Å²) >= 11 is 3.45. The highest BCUT2D eigenvalue weighted by Gasteiger charge is 2.39. The Kier molecular flexibility index (Phi) is 1.71. The van der Waals surface area contributed by atoms with Crippen LogP contribution < -0.4 is 5.32 Å². The van der Waals surface area contributed by atoms with Crippen molar-refractivity contribution < 1.29 is 4.79 Å². The van der Waals surface area contributed by atoms with Crippen LogP contribution in [-0.4, -0.2) is 11.9 Å². The largest absolute Gasteiger partial charge is 0.349 e. The standard InChI is InChI=1S/C11H10BrNO/c12-6-1-2-8-9(5-6)7-3-4-10(7)13-11(8)14/h1-2,5,7,10H,3-4H2,(H,13,14)/t7-,10-/m1/s1. The van der Waals surface area contributed by atoms with Gasteiger partial charge in [-0.25, -0.2) is 0 Å². The summed E-state index contributed by atoms with van der Waals surface area (Å²) in [5.74, 6) is 0.647. The van der Waals surface area contributed by atoms with Crippen LogP contribution in [0.4, 0.5) is 0 Å². The number of hydrogen-bond acceptors (Lipinski definition) is 1. The predicted molar refractivity (Wildman–Crippen MR) is 57.4 cm³/mol. The fourth-order valence-corrected chi connectivity index (χ4v) is 2.72. The minimum Gasteiger partial charge on any atom is -0.349 e. The Balaban J connectivity index is 2.16. The zero-order chi connectivity index (χ0) is 9.71. The minimum absolute atomic E-state index is 0.0912. The molecule has 1 saturated carbocycles. The lowest BCUT2D eigenvalue weighted by molar-refractivity contribution is 0.0878.